The molecule has 6 nitrogen and oxygen atoms in total. The SMILES string of the molecule is CC(O)CCN(C)C(=O)N(CC(=O)O)C1CCCC1. The fourth-order valence-corrected chi connectivity index (χ4v) is 2.41. The number of rotatable bonds is 6. The third-order valence-electron chi connectivity index (χ3n) is 3.53. The molecule has 1 aliphatic carbocycles. The minimum absolute atomic E-state index is 0.0394. The number of carbonyl (C=O) groups is 2. The highest BCUT2D eigenvalue weighted by atomic mass is 16.4. The van der Waals surface area contributed by atoms with Crippen LogP contribution in [0.1, 0.15) is 39.0 Å². The number of carboxylic acids is 1. The van der Waals surface area contributed by atoms with Gasteiger partial charge >= 0.3 is 12.0 Å². The molecule has 0 aromatic rings. The summed E-state index contributed by atoms with van der Waals surface area (Å²) in [6, 6.07) is -0.215. The van der Waals surface area contributed by atoms with E-state index >= 15 is 0 Å². The second kappa shape index (κ2) is 7.33. The Hall–Kier alpha value is -1.30. The average Bonchev–Trinajstić information content (AvgIpc) is 2.85. The van der Waals surface area contributed by atoms with E-state index in [0.717, 1.165) is 25.7 Å². The number of aliphatic carboxylic acids is 1. The lowest BCUT2D eigenvalue weighted by Crippen LogP contribution is -2.48. The zero-order valence-electron chi connectivity index (χ0n) is 11.7. The molecule has 0 spiro atoms. The van der Waals surface area contributed by atoms with Gasteiger partial charge in [0, 0.05) is 19.6 Å². The predicted molar refractivity (Wildman–Crippen MR) is 70.9 cm³/mol. The van der Waals surface area contributed by atoms with E-state index in [1.54, 1.807) is 14.0 Å². The van der Waals surface area contributed by atoms with Crippen LogP contribution in [-0.4, -0.2) is 64.3 Å². The molecule has 0 saturated heterocycles. The quantitative estimate of drug-likeness (QED) is 0.759. The van der Waals surface area contributed by atoms with Crippen molar-refractivity contribution in [1.29, 1.82) is 0 Å². The van der Waals surface area contributed by atoms with Gasteiger partial charge in [-0.05, 0) is 26.2 Å². The maximum absolute atomic E-state index is 12.3. The van der Waals surface area contributed by atoms with E-state index in [9.17, 15) is 14.7 Å². The van der Waals surface area contributed by atoms with Crippen LogP contribution in [0.5, 0.6) is 0 Å². The van der Waals surface area contributed by atoms with Crippen molar-refractivity contribution in [3.05, 3.63) is 0 Å². The topological polar surface area (TPSA) is 81.1 Å². The standard InChI is InChI=1S/C13H24N2O4/c1-10(16)7-8-14(2)13(19)15(9-12(17)18)11-5-3-4-6-11/h10-11,16H,3-9H2,1-2H3,(H,17,18). The van der Waals surface area contributed by atoms with Crippen molar-refractivity contribution in [3.63, 3.8) is 0 Å². The molecule has 110 valence electrons. The van der Waals surface area contributed by atoms with Crippen LogP contribution < -0.4 is 0 Å². The monoisotopic (exact) mass is 272 g/mol. The number of carbonyl (C=O) groups excluding carboxylic acids is 1. The molecule has 0 radical (unpaired) electrons. The van der Waals surface area contributed by atoms with Crippen LogP contribution in [0.2, 0.25) is 0 Å². The van der Waals surface area contributed by atoms with E-state index in [4.69, 9.17) is 5.11 Å². The van der Waals surface area contributed by atoms with Gasteiger partial charge in [-0.15, -0.1) is 0 Å². The highest BCUT2D eigenvalue weighted by Crippen LogP contribution is 2.24. The summed E-state index contributed by atoms with van der Waals surface area (Å²) in [5.74, 6) is -0.982. The highest BCUT2D eigenvalue weighted by molar-refractivity contribution is 5.80. The largest absolute Gasteiger partial charge is 0.480 e. The van der Waals surface area contributed by atoms with Crippen molar-refractivity contribution in [3.8, 4) is 0 Å². The fourth-order valence-electron chi connectivity index (χ4n) is 2.41. The maximum Gasteiger partial charge on any atom is 0.323 e. The van der Waals surface area contributed by atoms with Crippen LogP contribution in [0.25, 0.3) is 0 Å². The number of aliphatic hydroxyl groups excluding tert-OH is 1. The number of nitrogens with zero attached hydrogens (tertiary/aromatic N) is 2. The first kappa shape index (κ1) is 15.8. The molecule has 0 aromatic carbocycles. The van der Waals surface area contributed by atoms with Gasteiger partial charge in [0.25, 0.3) is 0 Å². The molecule has 1 aliphatic rings. The van der Waals surface area contributed by atoms with Gasteiger partial charge in [-0.2, -0.15) is 0 Å². The van der Waals surface area contributed by atoms with Crippen molar-refractivity contribution in [2.75, 3.05) is 20.1 Å². The Kier molecular flexibility index (Phi) is 6.08. The molecule has 1 rings (SSSR count). The molecule has 0 aromatic heterocycles. The first-order valence-electron chi connectivity index (χ1n) is 6.83. The Bertz CT molecular complexity index is 314. The molecule has 6 heteroatoms. The van der Waals surface area contributed by atoms with Crippen molar-refractivity contribution in [2.45, 2.75) is 51.2 Å². The van der Waals surface area contributed by atoms with Crippen molar-refractivity contribution in [1.82, 2.24) is 9.80 Å². The molecular weight excluding hydrogens is 248 g/mol. The molecule has 0 bridgehead atoms. The van der Waals surface area contributed by atoms with E-state index < -0.39 is 12.1 Å². The summed E-state index contributed by atoms with van der Waals surface area (Å²) in [7, 11) is 1.65. The summed E-state index contributed by atoms with van der Waals surface area (Å²) in [5.41, 5.74) is 0. The van der Waals surface area contributed by atoms with Crippen LogP contribution in [0.4, 0.5) is 4.79 Å². The first-order chi connectivity index (χ1) is 8.91. The summed E-state index contributed by atoms with van der Waals surface area (Å²) in [4.78, 5) is 26.1. The summed E-state index contributed by atoms with van der Waals surface area (Å²) in [6.45, 7) is 1.85. The fraction of sp³-hybridized carbons (Fsp3) is 0.846. The molecule has 1 fully saturated rings. The highest BCUT2D eigenvalue weighted by Gasteiger charge is 2.30. The second-order valence-corrected chi connectivity index (χ2v) is 5.30. The molecule has 19 heavy (non-hydrogen) atoms. The lowest BCUT2D eigenvalue weighted by Gasteiger charge is -2.31. The van der Waals surface area contributed by atoms with Gasteiger partial charge in [-0.1, -0.05) is 12.8 Å². The van der Waals surface area contributed by atoms with E-state index in [1.165, 1.54) is 9.80 Å². The molecule has 2 amide bonds. The minimum atomic E-state index is -0.982. The Morgan fingerprint density at radius 2 is 1.89 bits per heavy atom. The smallest absolute Gasteiger partial charge is 0.323 e. The third-order valence-corrected chi connectivity index (χ3v) is 3.53. The lowest BCUT2D eigenvalue weighted by molar-refractivity contribution is -0.138. The molecule has 2 N–H and O–H groups in total. The molecule has 1 unspecified atom stereocenters. The Balaban J connectivity index is 2.61. The van der Waals surface area contributed by atoms with Gasteiger partial charge in [0.05, 0.1) is 6.10 Å². The average molecular weight is 272 g/mol. The zero-order chi connectivity index (χ0) is 14.4. The normalized spacial score (nSPS) is 17.2. The van der Waals surface area contributed by atoms with Gasteiger partial charge < -0.3 is 20.0 Å². The molecule has 1 atom stereocenters. The van der Waals surface area contributed by atoms with Crippen LogP contribution >= 0.6 is 0 Å². The van der Waals surface area contributed by atoms with Gasteiger partial charge in [0.15, 0.2) is 0 Å². The molecule has 0 heterocycles. The summed E-state index contributed by atoms with van der Waals surface area (Å²) in [5, 5.41) is 18.2. The van der Waals surface area contributed by atoms with Crippen molar-refractivity contribution < 1.29 is 19.8 Å². The van der Waals surface area contributed by atoms with E-state index in [0.29, 0.717) is 13.0 Å². The summed E-state index contributed by atoms with van der Waals surface area (Å²) < 4.78 is 0. The summed E-state index contributed by atoms with van der Waals surface area (Å²) >= 11 is 0. The molecular formula is C13H24N2O4. The minimum Gasteiger partial charge on any atom is -0.480 e. The Morgan fingerprint density at radius 1 is 1.32 bits per heavy atom. The number of aliphatic hydroxyl groups is 1. The number of urea groups is 1. The third kappa shape index (κ3) is 5.06. The Labute approximate surface area is 114 Å². The van der Waals surface area contributed by atoms with E-state index in [-0.39, 0.29) is 18.6 Å². The van der Waals surface area contributed by atoms with Crippen LogP contribution in [0, 0.1) is 0 Å². The van der Waals surface area contributed by atoms with E-state index in [1.807, 2.05) is 0 Å². The Morgan fingerprint density at radius 3 is 2.37 bits per heavy atom. The predicted octanol–water partition coefficient (Wildman–Crippen LogP) is 1.14. The van der Waals surface area contributed by atoms with Crippen LogP contribution in [0.15, 0.2) is 0 Å². The van der Waals surface area contributed by atoms with Gasteiger partial charge in [-0.25, -0.2) is 4.79 Å². The second-order valence-electron chi connectivity index (χ2n) is 5.30. The van der Waals surface area contributed by atoms with Crippen molar-refractivity contribution >= 4 is 12.0 Å². The number of hydrogen-bond donors (Lipinski definition) is 2. The van der Waals surface area contributed by atoms with Gasteiger partial charge in [0.2, 0.25) is 0 Å². The van der Waals surface area contributed by atoms with Crippen LogP contribution in [0.3, 0.4) is 0 Å². The number of amides is 2. The zero-order valence-corrected chi connectivity index (χ0v) is 11.7. The molecule has 1 saturated carbocycles. The van der Waals surface area contributed by atoms with E-state index in [2.05, 4.69) is 0 Å². The number of hydrogen-bond acceptors (Lipinski definition) is 3. The summed E-state index contributed by atoms with van der Waals surface area (Å²) in [6.07, 6.45) is 3.88. The first-order valence-corrected chi connectivity index (χ1v) is 6.83. The lowest BCUT2D eigenvalue weighted by atomic mass is 10.2. The van der Waals surface area contributed by atoms with Gasteiger partial charge in [-0.3, -0.25) is 4.79 Å². The van der Waals surface area contributed by atoms with Gasteiger partial charge in [0.1, 0.15) is 6.54 Å². The molecule has 0 aliphatic heterocycles. The van der Waals surface area contributed by atoms with Crippen LogP contribution in [-0.2, 0) is 4.79 Å². The van der Waals surface area contributed by atoms with Crippen molar-refractivity contribution in [2.24, 2.45) is 0 Å². The number of carboxylic acid groups (broad SMARTS) is 1. The maximum atomic E-state index is 12.3.